The van der Waals surface area contributed by atoms with E-state index in [0.717, 1.165) is 6.26 Å². The first kappa shape index (κ1) is 12.3. The lowest BCUT2D eigenvalue weighted by Crippen LogP contribution is -2.47. The third kappa shape index (κ3) is 2.64. The van der Waals surface area contributed by atoms with E-state index in [2.05, 4.69) is 0 Å². The van der Waals surface area contributed by atoms with E-state index in [0.29, 0.717) is 0 Å². The molecule has 78 valence electrons. The van der Waals surface area contributed by atoms with Gasteiger partial charge in [-0.05, 0) is 0 Å². The van der Waals surface area contributed by atoms with Crippen LogP contribution in [-0.4, -0.2) is 53.9 Å². The van der Waals surface area contributed by atoms with Gasteiger partial charge in [-0.15, -0.1) is 0 Å². The zero-order valence-electron chi connectivity index (χ0n) is 7.10. The van der Waals surface area contributed by atoms with Crippen LogP contribution in [0, 0.1) is 0 Å². The van der Waals surface area contributed by atoms with Crippen molar-refractivity contribution in [3.05, 3.63) is 0 Å². The summed E-state index contributed by atoms with van der Waals surface area (Å²) in [5.74, 6) is -1.38. The minimum atomic E-state index is -3.80. The summed E-state index contributed by atoms with van der Waals surface area (Å²) in [5, 5.41) is 25.9. The van der Waals surface area contributed by atoms with Crippen molar-refractivity contribution in [1.82, 2.24) is 0 Å². The van der Waals surface area contributed by atoms with Gasteiger partial charge in [-0.2, -0.15) is 0 Å². The van der Waals surface area contributed by atoms with Crippen molar-refractivity contribution in [3.63, 3.8) is 0 Å². The Morgan fingerprint density at radius 3 is 1.77 bits per heavy atom. The molecule has 7 heteroatoms. The highest BCUT2D eigenvalue weighted by Gasteiger charge is 2.42. The average molecular weight is 212 g/mol. The summed E-state index contributed by atoms with van der Waals surface area (Å²) in [7, 11) is -3.80. The van der Waals surface area contributed by atoms with Crippen molar-refractivity contribution in [2.45, 2.75) is 11.2 Å². The molecule has 0 aliphatic carbocycles. The summed E-state index contributed by atoms with van der Waals surface area (Å²) in [6.07, 6.45) is -0.0266. The second kappa shape index (κ2) is 4.03. The van der Waals surface area contributed by atoms with Crippen molar-refractivity contribution < 1.29 is 28.5 Å². The van der Waals surface area contributed by atoms with Crippen LogP contribution in [0.4, 0.5) is 0 Å². The van der Waals surface area contributed by atoms with E-state index in [1.54, 1.807) is 0 Å². The Labute approximate surface area is 75.7 Å². The van der Waals surface area contributed by atoms with Crippen LogP contribution in [0.1, 0.15) is 6.42 Å². The normalized spacial score (nSPS) is 12.8. The van der Waals surface area contributed by atoms with Gasteiger partial charge in [0, 0.05) is 6.26 Å². The molecule has 0 radical (unpaired) electrons. The molecular weight excluding hydrogens is 200 g/mol. The molecule has 0 spiro atoms. The lowest BCUT2D eigenvalue weighted by atomic mass is 10.1. The number of hydrogen-bond donors (Lipinski definition) is 3. The minimum Gasteiger partial charge on any atom is -0.481 e. The Morgan fingerprint density at radius 2 is 1.69 bits per heavy atom. The van der Waals surface area contributed by atoms with Gasteiger partial charge in [0.2, 0.25) is 0 Å². The van der Waals surface area contributed by atoms with E-state index >= 15 is 0 Å². The maximum absolute atomic E-state index is 11.1. The third-order valence-electron chi connectivity index (χ3n) is 1.84. The largest absolute Gasteiger partial charge is 0.481 e. The van der Waals surface area contributed by atoms with Gasteiger partial charge in [-0.1, -0.05) is 0 Å². The molecule has 0 unspecified atom stereocenters. The van der Waals surface area contributed by atoms with Crippen LogP contribution >= 0.6 is 0 Å². The Kier molecular flexibility index (Phi) is 3.83. The third-order valence-corrected chi connectivity index (χ3v) is 3.81. The first-order valence-electron chi connectivity index (χ1n) is 3.42. The van der Waals surface area contributed by atoms with E-state index in [1.165, 1.54) is 0 Å². The van der Waals surface area contributed by atoms with Crippen LogP contribution in [0.15, 0.2) is 0 Å². The predicted octanol–water partition coefficient (Wildman–Crippen LogP) is -1.77. The number of rotatable bonds is 5. The highest BCUT2D eigenvalue weighted by atomic mass is 32.2. The lowest BCUT2D eigenvalue weighted by Gasteiger charge is -2.25. The number of aliphatic carboxylic acids is 1. The molecule has 0 aromatic rings. The summed E-state index contributed by atoms with van der Waals surface area (Å²) in [6, 6.07) is 0. The SMILES string of the molecule is CS(=O)(=O)C(CO)(CO)CC(=O)O. The van der Waals surface area contributed by atoms with E-state index in [9.17, 15) is 13.2 Å². The summed E-state index contributed by atoms with van der Waals surface area (Å²) in [6.45, 7) is -1.82. The Morgan fingerprint density at radius 1 is 1.31 bits per heavy atom. The van der Waals surface area contributed by atoms with Gasteiger partial charge in [0.25, 0.3) is 0 Å². The lowest BCUT2D eigenvalue weighted by molar-refractivity contribution is -0.138. The average Bonchev–Trinajstić information content (AvgIpc) is 1.97. The van der Waals surface area contributed by atoms with E-state index in [4.69, 9.17) is 15.3 Å². The minimum absolute atomic E-state index is 0.780. The van der Waals surface area contributed by atoms with Crippen molar-refractivity contribution >= 4 is 15.8 Å². The standard InChI is InChI=1S/C6H12O6S/c1-13(11,12)6(3-7,4-8)2-5(9)10/h7-8H,2-4H2,1H3,(H,9,10). The first-order valence-corrected chi connectivity index (χ1v) is 5.31. The number of aliphatic hydroxyl groups excluding tert-OH is 2. The van der Waals surface area contributed by atoms with Crippen LogP contribution in [0.2, 0.25) is 0 Å². The fourth-order valence-electron chi connectivity index (χ4n) is 0.803. The van der Waals surface area contributed by atoms with Crippen LogP contribution in [0.3, 0.4) is 0 Å². The Hall–Kier alpha value is -0.660. The molecule has 13 heavy (non-hydrogen) atoms. The summed E-state index contributed by atoms with van der Waals surface area (Å²) >= 11 is 0. The van der Waals surface area contributed by atoms with E-state index in [1.807, 2.05) is 0 Å². The highest BCUT2D eigenvalue weighted by molar-refractivity contribution is 7.92. The zero-order chi connectivity index (χ0) is 10.7. The Balaban J connectivity index is 5.04. The molecule has 0 bridgehead atoms. The molecule has 6 nitrogen and oxygen atoms in total. The van der Waals surface area contributed by atoms with Gasteiger partial charge in [-0.3, -0.25) is 4.79 Å². The van der Waals surface area contributed by atoms with Crippen LogP contribution in [0.5, 0.6) is 0 Å². The smallest absolute Gasteiger partial charge is 0.305 e. The first-order chi connectivity index (χ1) is 5.79. The highest BCUT2D eigenvalue weighted by Crippen LogP contribution is 2.20. The Bertz CT molecular complexity index is 275. The van der Waals surface area contributed by atoms with Crippen molar-refractivity contribution in [2.24, 2.45) is 0 Å². The maximum atomic E-state index is 11.1. The quantitative estimate of drug-likeness (QED) is 0.497. The fraction of sp³-hybridized carbons (Fsp3) is 0.833. The molecule has 3 N–H and O–H groups in total. The van der Waals surface area contributed by atoms with Gasteiger partial charge in [0.05, 0.1) is 19.6 Å². The fourth-order valence-corrected chi connectivity index (χ4v) is 1.66. The maximum Gasteiger partial charge on any atom is 0.305 e. The van der Waals surface area contributed by atoms with Gasteiger partial charge in [0.1, 0.15) is 4.75 Å². The van der Waals surface area contributed by atoms with E-state index in [-0.39, 0.29) is 0 Å². The van der Waals surface area contributed by atoms with Gasteiger partial charge >= 0.3 is 5.97 Å². The van der Waals surface area contributed by atoms with Gasteiger partial charge in [-0.25, -0.2) is 8.42 Å². The zero-order valence-corrected chi connectivity index (χ0v) is 7.91. The molecular formula is C6H12O6S. The molecule has 0 aromatic carbocycles. The summed E-state index contributed by atoms with van der Waals surface area (Å²) in [5.41, 5.74) is 0. The second-order valence-electron chi connectivity index (χ2n) is 2.84. The topological polar surface area (TPSA) is 112 Å². The molecule has 0 rings (SSSR count). The molecule has 0 aromatic heterocycles. The number of aliphatic hydroxyl groups is 2. The van der Waals surface area contributed by atoms with Crippen LogP contribution in [-0.2, 0) is 14.6 Å². The molecule has 0 aliphatic rings. The molecule has 0 amide bonds. The molecule has 0 aliphatic heterocycles. The number of carbonyl (C=O) groups is 1. The van der Waals surface area contributed by atoms with Gasteiger partial charge < -0.3 is 15.3 Å². The van der Waals surface area contributed by atoms with Crippen molar-refractivity contribution in [1.29, 1.82) is 0 Å². The molecule has 0 saturated carbocycles. The van der Waals surface area contributed by atoms with Crippen LogP contribution < -0.4 is 0 Å². The van der Waals surface area contributed by atoms with Crippen LogP contribution in [0.25, 0.3) is 0 Å². The number of sulfone groups is 1. The molecule has 0 saturated heterocycles. The molecule has 0 atom stereocenters. The summed E-state index contributed by atoms with van der Waals surface area (Å²) < 4.78 is 20.2. The predicted molar refractivity (Wildman–Crippen MR) is 44.0 cm³/mol. The van der Waals surface area contributed by atoms with Crippen molar-refractivity contribution in [3.8, 4) is 0 Å². The number of carboxylic acids is 1. The number of hydrogen-bond acceptors (Lipinski definition) is 5. The second-order valence-corrected chi connectivity index (χ2v) is 5.25. The molecule has 0 heterocycles. The number of carboxylic acid groups (broad SMARTS) is 1. The van der Waals surface area contributed by atoms with E-state index < -0.39 is 40.2 Å². The van der Waals surface area contributed by atoms with Gasteiger partial charge in [0.15, 0.2) is 9.84 Å². The molecule has 0 fully saturated rings. The monoisotopic (exact) mass is 212 g/mol. The summed E-state index contributed by atoms with van der Waals surface area (Å²) in [4.78, 5) is 10.3. The van der Waals surface area contributed by atoms with Crippen molar-refractivity contribution in [2.75, 3.05) is 19.5 Å².